The molecule has 0 atom stereocenters. The van der Waals surface area contributed by atoms with Crippen molar-refractivity contribution in [3.05, 3.63) is 87.3 Å². The molecule has 0 aliphatic heterocycles. The lowest BCUT2D eigenvalue weighted by atomic mass is 10.1. The molecule has 0 radical (unpaired) electrons. The zero-order valence-corrected chi connectivity index (χ0v) is 16.7. The molecule has 0 aliphatic carbocycles. The number of aromatic nitrogens is 3. The topological polar surface area (TPSA) is 106 Å². The monoisotopic (exact) mass is 420 g/mol. The predicted octanol–water partition coefficient (Wildman–Crippen LogP) is 5.25. The molecule has 2 aromatic heterocycles. The number of nitrogens with one attached hydrogen (secondary N) is 2. The van der Waals surface area contributed by atoms with Gasteiger partial charge in [-0.1, -0.05) is 29.8 Å². The highest BCUT2D eigenvalue weighted by atomic mass is 35.5. The van der Waals surface area contributed by atoms with Crippen LogP contribution in [0.15, 0.2) is 60.9 Å². The number of benzene rings is 2. The second-order valence-electron chi connectivity index (χ2n) is 6.61. The van der Waals surface area contributed by atoms with Crippen LogP contribution in [0.2, 0.25) is 5.02 Å². The molecule has 2 heterocycles. The Morgan fingerprint density at radius 2 is 1.80 bits per heavy atom. The van der Waals surface area contributed by atoms with Crippen molar-refractivity contribution in [2.24, 2.45) is 0 Å². The number of nitrogens with zero attached hydrogens (tertiary/aromatic N) is 4. The SMILES string of the molecule is Cc1ccc2c(Nc3ncnc(NCc4ccc(Cl)cc4)c3[N+](=O)[O-])cccc2n1. The standard InChI is InChI=1S/C21H17ClN6O2/c1-13-5-10-16-17(26-13)3-2-4-18(16)27-21-19(28(29)30)20(24-12-25-21)23-11-14-6-8-15(22)9-7-14/h2-10,12H,11H2,1H3,(H2,23,24,25,27). The van der Waals surface area contributed by atoms with Gasteiger partial charge in [-0.2, -0.15) is 0 Å². The van der Waals surface area contributed by atoms with Gasteiger partial charge in [-0.25, -0.2) is 9.97 Å². The lowest BCUT2D eigenvalue weighted by Gasteiger charge is -2.12. The van der Waals surface area contributed by atoms with Gasteiger partial charge in [0.05, 0.1) is 10.4 Å². The molecule has 0 bridgehead atoms. The first-order valence-electron chi connectivity index (χ1n) is 9.12. The average molecular weight is 421 g/mol. The van der Waals surface area contributed by atoms with Crippen LogP contribution in [0.4, 0.5) is 23.0 Å². The minimum Gasteiger partial charge on any atom is -0.360 e. The first-order valence-corrected chi connectivity index (χ1v) is 9.50. The molecule has 0 aliphatic rings. The molecule has 2 aromatic carbocycles. The van der Waals surface area contributed by atoms with Crippen LogP contribution in [0.25, 0.3) is 10.9 Å². The fraction of sp³-hybridized carbons (Fsp3) is 0.0952. The number of fused-ring (bicyclic) bond motifs is 1. The van der Waals surface area contributed by atoms with E-state index in [4.69, 9.17) is 11.6 Å². The van der Waals surface area contributed by atoms with E-state index in [0.29, 0.717) is 17.3 Å². The molecule has 4 rings (SSSR count). The number of halogens is 1. The normalized spacial score (nSPS) is 10.7. The van der Waals surface area contributed by atoms with Gasteiger partial charge in [0.2, 0.25) is 11.6 Å². The molecule has 0 saturated heterocycles. The molecule has 30 heavy (non-hydrogen) atoms. The summed E-state index contributed by atoms with van der Waals surface area (Å²) < 4.78 is 0. The molecule has 9 heteroatoms. The van der Waals surface area contributed by atoms with E-state index >= 15 is 0 Å². The summed E-state index contributed by atoms with van der Waals surface area (Å²) in [6.07, 6.45) is 1.28. The number of hydrogen-bond donors (Lipinski definition) is 2. The van der Waals surface area contributed by atoms with Gasteiger partial charge < -0.3 is 10.6 Å². The Hall–Kier alpha value is -3.78. The van der Waals surface area contributed by atoms with Gasteiger partial charge in [0.1, 0.15) is 6.33 Å². The van der Waals surface area contributed by atoms with Gasteiger partial charge in [-0.3, -0.25) is 15.1 Å². The molecule has 8 nitrogen and oxygen atoms in total. The largest absolute Gasteiger partial charge is 0.360 e. The van der Waals surface area contributed by atoms with Crippen molar-refractivity contribution in [1.82, 2.24) is 15.0 Å². The van der Waals surface area contributed by atoms with Gasteiger partial charge in [0.15, 0.2) is 0 Å². The summed E-state index contributed by atoms with van der Waals surface area (Å²) in [6.45, 7) is 2.26. The third-order valence-electron chi connectivity index (χ3n) is 4.50. The molecule has 0 saturated carbocycles. The third kappa shape index (κ3) is 4.13. The number of hydrogen-bond acceptors (Lipinski definition) is 7. The van der Waals surface area contributed by atoms with Crippen molar-refractivity contribution in [2.75, 3.05) is 10.6 Å². The highest BCUT2D eigenvalue weighted by molar-refractivity contribution is 6.30. The Labute approximate surface area is 177 Å². The van der Waals surface area contributed by atoms with E-state index in [0.717, 1.165) is 22.2 Å². The van der Waals surface area contributed by atoms with Crippen LogP contribution in [-0.2, 0) is 6.54 Å². The minimum atomic E-state index is -0.500. The highest BCUT2D eigenvalue weighted by Crippen LogP contribution is 2.33. The zero-order chi connectivity index (χ0) is 21.1. The van der Waals surface area contributed by atoms with E-state index in [1.54, 1.807) is 12.1 Å². The summed E-state index contributed by atoms with van der Waals surface area (Å²) in [5.41, 5.74) is 3.03. The molecular formula is C21H17ClN6O2. The highest BCUT2D eigenvalue weighted by Gasteiger charge is 2.23. The summed E-state index contributed by atoms with van der Waals surface area (Å²) in [5.74, 6) is 0.225. The van der Waals surface area contributed by atoms with Crippen LogP contribution in [0.1, 0.15) is 11.3 Å². The lowest BCUT2D eigenvalue weighted by molar-refractivity contribution is -0.383. The fourth-order valence-electron chi connectivity index (χ4n) is 3.05. The maximum absolute atomic E-state index is 11.8. The van der Waals surface area contributed by atoms with Gasteiger partial charge in [0.25, 0.3) is 0 Å². The van der Waals surface area contributed by atoms with Crippen LogP contribution >= 0.6 is 11.6 Å². The number of aryl methyl sites for hydroxylation is 1. The van der Waals surface area contributed by atoms with Crippen LogP contribution in [0.3, 0.4) is 0 Å². The summed E-state index contributed by atoms with van der Waals surface area (Å²) in [7, 11) is 0. The Bertz CT molecular complexity index is 1230. The molecule has 0 amide bonds. The average Bonchev–Trinajstić information content (AvgIpc) is 2.73. The van der Waals surface area contributed by atoms with Crippen LogP contribution < -0.4 is 10.6 Å². The fourth-order valence-corrected chi connectivity index (χ4v) is 3.18. The minimum absolute atomic E-state index is 0.0988. The number of rotatable bonds is 6. The number of nitro groups is 1. The van der Waals surface area contributed by atoms with E-state index in [9.17, 15) is 10.1 Å². The second kappa shape index (κ2) is 8.30. The smallest absolute Gasteiger partial charge is 0.353 e. The van der Waals surface area contributed by atoms with E-state index < -0.39 is 4.92 Å². The maximum atomic E-state index is 11.8. The van der Waals surface area contributed by atoms with Crippen molar-refractivity contribution in [3.8, 4) is 0 Å². The first kappa shape index (κ1) is 19.5. The molecule has 0 fully saturated rings. The van der Waals surface area contributed by atoms with Crippen molar-refractivity contribution in [3.63, 3.8) is 0 Å². The third-order valence-corrected chi connectivity index (χ3v) is 4.75. The Balaban J connectivity index is 1.66. The quantitative estimate of drug-likeness (QED) is 0.324. The molecule has 0 unspecified atom stereocenters. The van der Waals surface area contributed by atoms with Crippen molar-refractivity contribution >= 4 is 45.5 Å². The van der Waals surface area contributed by atoms with Crippen LogP contribution in [0.5, 0.6) is 0 Å². The molecule has 4 aromatic rings. The molecule has 150 valence electrons. The van der Waals surface area contributed by atoms with Gasteiger partial charge in [0, 0.05) is 28.3 Å². The Morgan fingerprint density at radius 3 is 2.57 bits per heavy atom. The van der Waals surface area contributed by atoms with Crippen LogP contribution in [-0.4, -0.2) is 19.9 Å². The predicted molar refractivity (Wildman–Crippen MR) is 117 cm³/mol. The Morgan fingerprint density at radius 1 is 1.03 bits per heavy atom. The molecule has 2 N–H and O–H groups in total. The van der Waals surface area contributed by atoms with Gasteiger partial charge >= 0.3 is 5.69 Å². The Kier molecular flexibility index (Phi) is 5.40. The van der Waals surface area contributed by atoms with Crippen molar-refractivity contribution in [1.29, 1.82) is 0 Å². The van der Waals surface area contributed by atoms with E-state index in [-0.39, 0.29) is 17.3 Å². The lowest BCUT2D eigenvalue weighted by Crippen LogP contribution is -2.08. The zero-order valence-electron chi connectivity index (χ0n) is 16.0. The van der Waals surface area contributed by atoms with E-state index in [1.807, 2.05) is 49.4 Å². The van der Waals surface area contributed by atoms with Crippen molar-refractivity contribution < 1.29 is 4.92 Å². The molecule has 0 spiro atoms. The van der Waals surface area contributed by atoms with E-state index in [1.165, 1.54) is 6.33 Å². The van der Waals surface area contributed by atoms with Gasteiger partial charge in [-0.05, 0) is 48.9 Å². The summed E-state index contributed by atoms with van der Waals surface area (Å²) in [6, 6.07) is 16.6. The van der Waals surface area contributed by atoms with Crippen LogP contribution in [0, 0.1) is 17.0 Å². The summed E-state index contributed by atoms with van der Waals surface area (Å²) in [4.78, 5) is 24.0. The maximum Gasteiger partial charge on any atom is 0.353 e. The van der Waals surface area contributed by atoms with E-state index in [2.05, 4.69) is 25.6 Å². The number of anilines is 3. The number of pyridine rings is 1. The molecular weight excluding hydrogens is 404 g/mol. The summed E-state index contributed by atoms with van der Waals surface area (Å²) >= 11 is 5.90. The second-order valence-corrected chi connectivity index (χ2v) is 7.04. The van der Waals surface area contributed by atoms with Crippen molar-refractivity contribution in [2.45, 2.75) is 13.5 Å². The first-order chi connectivity index (χ1) is 14.5. The van der Waals surface area contributed by atoms with Gasteiger partial charge in [-0.15, -0.1) is 0 Å². The summed E-state index contributed by atoms with van der Waals surface area (Å²) in [5, 5.41) is 19.4.